The summed E-state index contributed by atoms with van der Waals surface area (Å²) in [6.45, 7) is 2.78. The first kappa shape index (κ1) is 21.3. The summed E-state index contributed by atoms with van der Waals surface area (Å²) in [6, 6.07) is 9.85. The van der Waals surface area contributed by atoms with Gasteiger partial charge in [-0.05, 0) is 55.3 Å². The van der Waals surface area contributed by atoms with Crippen LogP contribution in [0.25, 0.3) is 0 Å². The molecule has 1 aromatic carbocycles. The predicted octanol–water partition coefficient (Wildman–Crippen LogP) is 1.98. The molecule has 0 bridgehead atoms. The Balaban J connectivity index is 1.85. The molecule has 9 heteroatoms. The van der Waals surface area contributed by atoms with Crippen LogP contribution in [0, 0.1) is 5.41 Å². The fraction of sp³-hybridized carbons (Fsp3) is 0.350. The Morgan fingerprint density at radius 3 is 2.83 bits per heavy atom. The first-order valence-electron chi connectivity index (χ1n) is 9.57. The number of nitrogens with two attached hydrogens (primary N) is 3. The SMILES string of the molecule is N=C(CSN)c1cccc(N=C(N=CN)c2[nH]ccc2CN2CCC(N)CC2)c1. The maximum absolute atomic E-state index is 8.10. The third-order valence-electron chi connectivity index (χ3n) is 4.94. The molecule has 2 aromatic rings. The van der Waals surface area contributed by atoms with Crippen LogP contribution < -0.4 is 16.6 Å². The van der Waals surface area contributed by atoms with Crippen LogP contribution in [0.2, 0.25) is 0 Å². The number of benzene rings is 1. The molecule has 0 saturated carbocycles. The Hall–Kier alpha value is -2.46. The maximum Gasteiger partial charge on any atom is 0.178 e. The zero-order chi connectivity index (χ0) is 20.6. The number of likely N-dealkylation sites (tertiary alicyclic amines) is 1. The summed E-state index contributed by atoms with van der Waals surface area (Å²) in [6.07, 6.45) is 5.18. The van der Waals surface area contributed by atoms with Gasteiger partial charge in [0.1, 0.15) is 0 Å². The molecule has 8 nitrogen and oxygen atoms in total. The molecular weight excluding hydrogens is 384 g/mol. The minimum atomic E-state index is 0.305. The van der Waals surface area contributed by atoms with E-state index in [0.717, 1.165) is 61.2 Å². The molecule has 8 N–H and O–H groups in total. The van der Waals surface area contributed by atoms with Gasteiger partial charge in [-0.15, -0.1) is 0 Å². The first-order valence-corrected chi connectivity index (χ1v) is 10.6. The lowest BCUT2D eigenvalue weighted by Gasteiger charge is -2.30. The van der Waals surface area contributed by atoms with Crippen molar-refractivity contribution < 1.29 is 0 Å². The van der Waals surface area contributed by atoms with Crippen molar-refractivity contribution in [3.63, 3.8) is 0 Å². The van der Waals surface area contributed by atoms with Gasteiger partial charge in [-0.1, -0.05) is 24.1 Å². The summed E-state index contributed by atoms with van der Waals surface area (Å²) in [4.78, 5) is 14.6. The highest BCUT2D eigenvalue weighted by Gasteiger charge is 2.19. The van der Waals surface area contributed by atoms with Crippen molar-refractivity contribution in [2.24, 2.45) is 26.6 Å². The maximum atomic E-state index is 8.10. The third-order valence-corrected chi connectivity index (χ3v) is 5.39. The van der Waals surface area contributed by atoms with Crippen molar-refractivity contribution in [3.05, 3.63) is 53.3 Å². The second-order valence-corrected chi connectivity index (χ2v) is 7.67. The highest BCUT2D eigenvalue weighted by molar-refractivity contribution is 7.97. The summed E-state index contributed by atoms with van der Waals surface area (Å²) in [5.41, 5.74) is 15.5. The van der Waals surface area contributed by atoms with Gasteiger partial charge in [0.25, 0.3) is 0 Å². The van der Waals surface area contributed by atoms with Gasteiger partial charge in [-0.2, -0.15) is 0 Å². The van der Waals surface area contributed by atoms with Gasteiger partial charge in [0.2, 0.25) is 0 Å². The Morgan fingerprint density at radius 1 is 1.31 bits per heavy atom. The fourth-order valence-corrected chi connectivity index (χ4v) is 3.70. The van der Waals surface area contributed by atoms with Gasteiger partial charge in [-0.25, -0.2) is 9.98 Å². The van der Waals surface area contributed by atoms with Crippen molar-refractivity contribution in [1.82, 2.24) is 9.88 Å². The van der Waals surface area contributed by atoms with E-state index in [1.54, 1.807) is 0 Å². The molecule has 1 saturated heterocycles. The second-order valence-electron chi connectivity index (χ2n) is 7.04. The van der Waals surface area contributed by atoms with E-state index in [9.17, 15) is 0 Å². The monoisotopic (exact) mass is 412 g/mol. The van der Waals surface area contributed by atoms with Crippen LogP contribution in [-0.4, -0.2) is 52.7 Å². The largest absolute Gasteiger partial charge is 0.390 e. The molecule has 2 heterocycles. The number of hydrogen-bond acceptors (Lipinski definition) is 6. The fourth-order valence-electron chi connectivity index (χ4n) is 3.37. The molecule has 1 aliphatic rings. The molecule has 0 unspecified atom stereocenters. The second kappa shape index (κ2) is 10.4. The molecule has 1 aliphatic heterocycles. The minimum Gasteiger partial charge on any atom is -0.390 e. The van der Waals surface area contributed by atoms with Crippen molar-refractivity contribution in [2.45, 2.75) is 25.4 Å². The van der Waals surface area contributed by atoms with Gasteiger partial charge in [-0.3, -0.25) is 10.0 Å². The van der Waals surface area contributed by atoms with Crippen molar-refractivity contribution in [2.75, 3.05) is 18.8 Å². The summed E-state index contributed by atoms with van der Waals surface area (Å²) < 4.78 is 0. The molecule has 0 aliphatic carbocycles. The number of rotatable bonds is 7. The number of amidine groups is 1. The molecule has 1 fully saturated rings. The summed E-state index contributed by atoms with van der Waals surface area (Å²) in [5, 5.41) is 13.6. The topological polar surface area (TPSA) is 146 Å². The van der Waals surface area contributed by atoms with E-state index < -0.39 is 0 Å². The zero-order valence-electron chi connectivity index (χ0n) is 16.3. The summed E-state index contributed by atoms with van der Waals surface area (Å²) in [5.74, 6) is 0.958. The van der Waals surface area contributed by atoms with Crippen LogP contribution in [0.15, 0.2) is 46.5 Å². The summed E-state index contributed by atoms with van der Waals surface area (Å²) >= 11 is 1.13. The lowest BCUT2D eigenvalue weighted by molar-refractivity contribution is 0.205. The average Bonchev–Trinajstić information content (AvgIpc) is 3.18. The highest BCUT2D eigenvalue weighted by Crippen LogP contribution is 2.20. The van der Waals surface area contributed by atoms with Crippen LogP contribution in [0.1, 0.15) is 29.7 Å². The average molecular weight is 413 g/mol. The molecule has 0 radical (unpaired) electrons. The van der Waals surface area contributed by atoms with Crippen LogP contribution in [0.3, 0.4) is 0 Å². The van der Waals surface area contributed by atoms with E-state index in [-0.39, 0.29) is 0 Å². The van der Waals surface area contributed by atoms with E-state index in [1.807, 2.05) is 30.5 Å². The molecule has 29 heavy (non-hydrogen) atoms. The zero-order valence-corrected chi connectivity index (χ0v) is 17.2. The van der Waals surface area contributed by atoms with Crippen LogP contribution >= 0.6 is 11.9 Å². The highest BCUT2D eigenvalue weighted by atomic mass is 32.2. The van der Waals surface area contributed by atoms with Crippen molar-refractivity contribution >= 4 is 35.5 Å². The van der Waals surface area contributed by atoms with Gasteiger partial charge in [0.05, 0.1) is 23.5 Å². The lowest BCUT2D eigenvalue weighted by Crippen LogP contribution is -2.39. The molecule has 0 spiro atoms. The predicted molar refractivity (Wildman–Crippen MR) is 122 cm³/mol. The number of aromatic nitrogens is 1. The molecule has 154 valence electrons. The van der Waals surface area contributed by atoms with Crippen molar-refractivity contribution in [3.8, 4) is 0 Å². The normalized spacial score (nSPS) is 16.6. The van der Waals surface area contributed by atoms with Gasteiger partial charge < -0.3 is 21.9 Å². The number of nitrogens with one attached hydrogen (secondary N) is 2. The number of hydrogen-bond donors (Lipinski definition) is 5. The van der Waals surface area contributed by atoms with Crippen LogP contribution in [0.5, 0.6) is 0 Å². The molecule has 1 aromatic heterocycles. The molecular formula is C20H28N8S. The Labute approximate surface area is 175 Å². The molecule has 0 amide bonds. The standard InChI is InChI=1S/C20H28N8S/c21-13-26-20(27-17-3-1-2-14(10-17)18(23)12-29-24)19-15(4-7-25-19)11-28-8-5-16(22)6-9-28/h1-4,7,10,13,16,23,25H,5-6,8-9,11-12,22,24H2,(H2,21,26,27). The number of aliphatic imine (C=N–C) groups is 2. The number of piperidine rings is 1. The van der Waals surface area contributed by atoms with Crippen LogP contribution in [-0.2, 0) is 6.54 Å². The number of H-pyrrole nitrogens is 1. The third kappa shape index (κ3) is 5.77. The Kier molecular flexibility index (Phi) is 7.59. The van der Waals surface area contributed by atoms with E-state index in [4.69, 9.17) is 27.0 Å². The summed E-state index contributed by atoms with van der Waals surface area (Å²) in [7, 11) is 0. The van der Waals surface area contributed by atoms with Crippen LogP contribution in [0.4, 0.5) is 5.69 Å². The first-order chi connectivity index (χ1) is 14.1. The number of aromatic amines is 1. The quantitative estimate of drug-likeness (QED) is 0.268. The van der Waals surface area contributed by atoms with Gasteiger partial charge in [0, 0.05) is 24.5 Å². The Morgan fingerprint density at radius 2 is 2.10 bits per heavy atom. The Bertz CT molecular complexity index is 880. The van der Waals surface area contributed by atoms with E-state index >= 15 is 0 Å². The van der Waals surface area contributed by atoms with Gasteiger partial charge in [0.15, 0.2) is 5.84 Å². The lowest BCUT2D eigenvalue weighted by atomic mass is 10.1. The van der Waals surface area contributed by atoms with Crippen molar-refractivity contribution in [1.29, 1.82) is 5.41 Å². The molecule has 3 rings (SSSR count). The van der Waals surface area contributed by atoms with E-state index in [1.165, 1.54) is 6.34 Å². The van der Waals surface area contributed by atoms with E-state index in [2.05, 4.69) is 20.9 Å². The minimum absolute atomic E-state index is 0.305. The van der Waals surface area contributed by atoms with Gasteiger partial charge >= 0.3 is 0 Å². The number of nitrogens with zero attached hydrogens (tertiary/aromatic N) is 3. The molecule has 0 atom stereocenters. The van der Waals surface area contributed by atoms with E-state index in [0.29, 0.717) is 29.0 Å². The smallest absolute Gasteiger partial charge is 0.178 e.